The molecule has 0 radical (unpaired) electrons. The van der Waals surface area contributed by atoms with Gasteiger partial charge in [-0.3, -0.25) is 9.48 Å². The highest BCUT2D eigenvalue weighted by Gasteiger charge is 2.20. The lowest BCUT2D eigenvalue weighted by Gasteiger charge is -2.07. The van der Waals surface area contributed by atoms with Crippen LogP contribution in [0.5, 0.6) is 0 Å². The van der Waals surface area contributed by atoms with Gasteiger partial charge in [-0.25, -0.2) is 0 Å². The molecule has 0 aromatic carbocycles. The highest BCUT2D eigenvalue weighted by atomic mass is 16.5. The van der Waals surface area contributed by atoms with E-state index >= 15 is 0 Å². The van der Waals surface area contributed by atoms with E-state index in [1.807, 2.05) is 25.5 Å². The average molecular weight is 252 g/mol. The molecule has 4 nitrogen and oxygen atoms in total. The second-order valence-electron chi connectivity index (χ2n) is 4.17. The van der Waals surface area contributed by atoms with Crippen molar-refractivity contribution in [3.63, 3.8) is 0 Å². The minimum atomic E-state index is 0.200. The molecule has 0 aliphatic rings. The Morgan fingerprint density at radius 2 is 1.94 bits per heavy atom. The second-order valence-corrected chi connectivity index (χ2v) is 4.17. The molecular formula is C14H24N2O2. The lowest BCUT2D eigenvalue weighted by atomic mass is 10.0. The summed E-state index contributed by atoms with van der Waals surface area (Å²) in [4.78, 5) is 12.0. The Bertz CT molecular complexity index is 397. The van der Waals surface area contributed by atoms with E-state index in [0.29, 0.717) is 19.6 Å². The van der Waals surface area contributed by atoms with Crippen LogP contribution in [-0.2, 0) is 24.1 Å². The van der Waals surface area contributed by atoms with Crippen molar-refractivity contribution in [1.82, 2.24) is 9.78 Å². The van der Waals surface area contributed by atoms with Crippen LogP contribution >= 0.6 is 0 Å². The third-order valence-corrected chi connectivity index (χ3v) is 3.05. The number of hydrogen-bond donors (Lipinski definition) is 0. The molecule has 0 saturated heterocycles. The maximum absolute atomic E-state index is 12.0. The minimum absolute atomic E-state index is 0.200. The topological polar surface area (TPSA) is 44.1 Å². The molecule has 0 amide bonds. The number of ether oxygens (including phenoxy) is 1. The number of carbonyl (C=O) groups excluding carboxylic acids is 1. The van der Waals surface area contributed by atoms with E-state index in [2.05, 4.69) is 12.0 Å². The smallest absolute Gasteiger partial charge is 0.166 e. The zero-order chi connectivity index (χ0) is 13.5. The molecule has 18 heavy (non-hydrogen) atoms. The summed E-state index contributed by atoms with van der Waals surface area (Å²) >= 11 is 0. The second kappa shape index (κ2) is 7.31. The Morgan fingerprint density at radius 3 is 2.44 bits per heavy atom. The van der Waals surface area contributed by atoms with Crippen LogP contribution in [0.2, 0.25) is 0 Å². The number of rotatable bonds is 8. The number of aromatic nitrogens is 2. The van der Waals surface area contributed by atoms with Crippen molar-refractivity contribution in [2.75, 3.05) is 13.2 Å². The molecule has 0 saturated carbocycles. The van der Waals surface area contributed by atoms with E-state index in [0.717, 1.165) is 36.3 Å². The fourth-order valence-electron chi connectivity index (χ4n) is 2.14. The zero-order valence-electron chi connectivity index (χ0n) is 12.0. The highest BCUT2D eigenvalue weighted by Crippen LogP contribution is 2.18. The molecule has 0 spiro atoms. The van der Waals surface area contributed by atoms with Crippen molar-refractivity contribution in [3.8, 4) is 0 Å². The fourth-order valence-corrected chi connectivity index (χ4v) is 2.14. The summed E-state index contributed by atoms with van der Waals surface area (Å²) in [5.74, 6) is 0.200. The maximum Gasteiger partial charge on any atom is 0.166 e. The van der Waals surface area contributed by atoms with E-state index in [1.165, 1.54) is 0 Å². The van der Waals surface area contributed by atoms with Gasteiger partial charge in [0.1, 0.15) is 0 Å². The monoisotopic (exact) mass is 252 g/mol. The summed E-state index contributed by atoms with van der Waals surface area (Å²) in [6.45, 7) is 10.1. The first-order valence-corrected chi connectivity index (χ1v) is 6.88. The van der Waals surface area contributed by atoms with Gasteiger partial charge in [0.05, 0.1) is 24.4 Å². The molecule has 4 heteroatoms. The predicted octanol–water partition coefficient (Wildman–Crippen LogP) is 2.64. The van der Waals surface area contributed by atoms with Gasteiger partial charge in [-0.1, -0.05) is 20.8 Å². The Hall–Kier alpha value is -1.16. The largest absolute Gasteiger partial charge is 0.380 e. The van der Waals surface area contributed by atoms with Crippen LogP contribution in [0.1, 0.15) is 55.9 Å². The standard InChI is InChI=1S/C14H24N2O2/c1-5-11-14(13(17)7-3)12(6-2)16(15-11)9-10-18-8-4/h5-10H2,1-4H3. The third-order valence-electron chi connectivity index (χ3n) is 3.05. The molecule has 1 aromatic heterocycles. The molecule has 1 rings (SSSR count). The molecule has 1 aromatic rings. The van der Waals surface area contributed by atoms with Crippen molar-refractivity contribution in [2.24, 2.45) is 0 Å². The summed E-state index contributed by atoms with van der Waals surface area (Å²) in [5.41, 5.74) is 2.83. The molecule has 102 valence electrons. The van der Waals surface area contributed by atoms with E-state index in [1.54, 1.807) is 0 Å². The van der Waals surface area contributed by atoms with Gasteiger partial charge in [-0.15, -0.1) is 0 Å². The van der Waals surface area contributed by atoms with Crippen LogP contribution in [0.25, 0.3) is 0 Å². The zero-order valence-corrected chi connectivity index (χ0v) is 12.0. The first-order valence-electron chi connectivity index (χ1n) is 6.88. The number of hydrogen-bond acceptors (Lipinski definition) is 3. The molecular weight excluding hydrogens is 228 g/mol. The predicted molar refractivity (Wildman–Crippen MR) is 72.1 cm³/mol. The summed E-state index contributed by atoms with van der Waals surface area (Å²) in [5, 5.41) is 4.56. The third kappa shape index (κ3) is 3.19. The van der Waals surface area contributed by atoms with Gasteiger partial charge >= 0.3 is 0 Å². The first kappa shape index (κ1) is 14.9. The van der Waals surface area contributed by atoms with Crippen molar-refractivity contribution >= 4 is 5.78 Å². The molecule has 0 aliphatic heterocycles. The molecule has 0 aliphatic carbocycles. The molecule has 0 unspecified atom stereocenters. The SMILES string of the molecule is CCOCCn1nc(CC)c(C(=O)CC)c1CC. The number of Topliss-reactive ketones (excluding diaryl/α,β-unsaturated/α-hetero) is 1. The number of aryl methyl sites for hydroxylation is 1. The lowest BCUT2D eigenvalue weighted by molar-refractivity contribution is 0.0985. The van der Waals surface area contributed by atoms with E-state index in [9.17, 15) is 4.79 Å². The summed E-state index contributed by atoms with van der Waals surface area (Å²) in [6, 6.07) is 0. The van der Waals surface area contributed by atoms with Crippen LogP contribution in [0.3, 0.4) is 0 Å². The Kier molecular flexibility index (Phi) is 6.05. The van der Waals surface area contributed by atoms with Gasteiger partial charge in [0.15, 0.2) is 5.78 Å². The quantitative estimate of drug-likeness (QED) is 0.527. The molecule has 0 N–H and O–H groups in total. The summed E-state index contributed by atoms with van der Waals surface area (Å²) in [6.07, 6.45) is 2.17. The number of nitrogens with zero attached hydrogens (tertiary/aromatic N) is 2. The lowest BCUT2D eigenvalue weighted by Crippen LogP contribution is -2.11. The van der Waals surface area contributed by atoms with Crippen molar-refractivity contribution in [3.05, 3.63) is 17.0 Å². The Balaban J connectivity index is 3.04. The maximum atomic E-state index is 12.0. The van der Waals surface area contributed by atoms with E-state index in [-0.39, 0.29) is 5.78 Å². The van der Waals surface area contributed by atoms with Crippen LogP contribution in [0, 0.1) is 0 Å². The van der Waals surface area contributed by atoms with Crippen molar-refractivity contribution < 1.29 is 9.53 Å². The van der Waals surface area contributed by atoms with Gasteiger partial charge in [0.25, 0.3) is 0 Å². The summed E-state index contributed by atoms with van der Waals surface area (Å²) < 4.78 is 7.30. The van der Waals surface area contributed by atoms with Gasteiger partial charge in [-0.2, -0.15) is 5.10 Å². The Labute approximate surface area is 109 Å². The molecule has 0 fully saturated rings. The van der Waals surface area contributed by atoms with Crippen LogP contribution in [-0.4, -0.2) is 28.8 Å². The van der Waals surface area contributed by atoms with Crippen LogP contribution in [0.15, 0.2) is 0 Å². The fraction of sp³-hybridized carbons (Fsp3) is 0.714. The average Bonchev–Trinajstić information content (AvgIpc) is 2.75. The normalized spacial score (nSPS) is 10.9. The minimum Gasteiger partial charge on any atom is -0.380 e. The van der Waals surface area contributed by atoms with Gasteiger partial charge in [0, 0.05) is 18.7 Å². The molecule has 0 atom stereocenters. The first-order chi connectivity index (χ1) is 8.69. The van der Waals surface area contributed by atoms with Crippen molar-refractivity contribution in [2.45, 2.75) is 53.5 Å². The van der Waals surface area contributed by atoms with Gasteiger partial charge in [-0.05, 0) is 19.8 Å². The summed E-state index contributed by atoms with van der Waals surface area (Å²) in [7, 11) is 0. The van der Waals surface area contributed by atoms with Gasteiger partial charge in [0.2, 0.25) is 0 Å². The molecule has 0 bridgehead atoms. The van der Waals surface area contributed by atoms with Gasteiger partial charge < -0.3 is 4.74 Å². The van der Waals surface area contributed by atoms with Crippen LogP contribution < -0.4 is 0 Å². The van der Waals surface area contributed by atoms with Crippen molar-refractivity contribution in [1.29, 1.82) is 0 Å². The van der Waals surface area contributed by atoms with Crippen LogP contribution in [0.4, 0.5) is 0 Å². The number of carbonyl (C=O) groups is 1. The highest BCUT2D eigenvalue weighted by molar-refractivity contribution is 5.98. The Morgan fingerprint density at radius 1 is 1.22 bits per heavy atom. The number of ketones is 1. The van der Waals surface area contributed by atoms with E-state index < -0.39 is 0 Å². The molecule has 1 heterocycles. The van der Waals surface area contributed by atoms with E-state index in [4.69, 9.17) is 4.74 Å².